The van der Waals surface area contributed by atoms with Crippen LogP contribution in [0.2, 0.25) is 0 Å². The summed E-state index contributed by atoms with van der Waals surface area (Å²) in [4.78, 5) is 16.4. The molecular weight excluding hydrogens is 226 g/mol. The van der Waals surface area contributed by atoms with Crippen LogP contribution in [-0.2, 0) is 0 Å². The Balaban J connectivity index is 1.99. The van der Waals surface area contributed by atoms with Crippen LogP contribution in [0.4, 0.5) is 5.69 Å². The van der Waals surface area contributed by atoms with Crippen LogP contribution in [0.15, 0.2) is 24.3 Å². The zero-order valence-corrected chi connectivity index (χ0v) is 11.1. The van der Waals surface area contributed by atoms with E-state index in [4.69, 9.17) is 5.73 Å². The molecule has 2 N–H and O–H groups in total. The fourth-order valence-electron chi connectivity index (χ4n) is 2.44. The van der Waals surface area contributed by atoms with Gasteiger partial charge in [0.2, 0.25) is 0 Å². The maximum Gasteiger partial charge on any atom is 0.253 e. The van der Waals surface area contributed by atoms with Crippen molar-refractivity contribution in [2.75, 3.05) is 32.9 Å². The molecule has 4 heteroatoms. The van der Waals surface area contributed by atoms with Gasteiger partial charge >= 0.3 is 0 Å². The summed E-state index contributed by atoms with van der Waals surface area (Å²) in [5.41, 5.74) is 7.05. The van der Waals surface area contributed by atoms with Gasteiger partial charge in [-0.15, -0.1) is 0 Å². The average molecular weight is 247 g/mol. The van der Waals surface area contributed by atoms with Gasteiger partial charge in [-0.1, -0.05) is 6.07 Å². The van der Waals surface area contributed by atoms with Gasteiger partial charge in [0.1, 0.15) is 0 Å². The summed E-state index contributed by atoms with van der Waals surface area (Å²) >= 11 is 0. The standard InChI is InChI=1S/C14H21N3O/c1-16(2)13-6-8-17(9-7-13)14(18)11-4-3-5-12(15)10-11/h3-5,10,13H,6-9,15H2,1-2H3. The number of nitrogens with two attached hydrogens (primary N) is 1. The van der Waals surface area contributed by atoms with Crippen LogP contribution in [0.5, 0.6) is 0 Å². The van der Waals surface area contributed by atoms with E-state index in [0.717, 1.165) is 25.9 Å². The number of carbonyl (C=O) groups is 1. The Morgan fingerprint density at radius 2 is 2.00 bits per heavy atom. The van der Waals surface area contributed by atoms with Crippen molar-refractivity contribution in [3.05, 3.63) is 29.8 Å². The predicted octanol–water partition coefficient (Wildman–Crippen LogP) is 1.43. The number of nitrogen functional groups attached to an aromatic ring is 1. The van der Waals surface area contributed by atoms with Crippen molar-refractivity contribution < 1.29 is 4.79 Å². The second-order valence-corrected chi connectivity index (χ2v) is 5.11. The van der Waals surface area contributed by atoms with Gasteiger partial charge in [-0.05, 0) is 45.1 Å². The van der Waals surface area contributed by atoms with Crippen molar-refractivity contribution in [3.8, 4) is 0 Å². The number of amides is 1. The topological polar surface area (TPSA) is 49.6 Å². The first kappa shape index (κ1) is 12.9. The Morgan fingerprint density at radius 3 is 2.56 bits per heavy atom. The lowest BCUT2D eigenvalue weighted by Crippen LogP contribution is -2.44. The van der Waals surface area contributed by atoms with Crippen LogP contribution >= 0.6 is 0 Å². The van der Waals surface area contributed by atoms with E-state index in [2.05, 4.69) is 19.0 Å². The van der Waals surface area contributed by atoms with E-state index in [0.29, 0.717) is 17.3 Å². The number of nitrogens with zero attached hydrogens (tertiary/aromatic N) is 2. The smallest absolute Gasteiger partial charge is 0.253 e. The lowest BCUT2D eigenvalue weighted by atomic mass is 10.0. The van der Waals surface area contributed by atoms with Gasteiger partial charge in [-0.2, -0.15) is 0 Å². The Kier molecular flexibility index (Phi) is 3.87. The van der Waals surface area contributed by atoms with Gasteiger partial charge < -0.3 is 15.5 Å². The van der Waals surface area contributed by atoms with Crippen LogP contribution < -0.4 is 5.73 Å². The van der Waals surface area contributed by atoms with Crippen molar-refractivity contribution in [2.45, 2.75) is 18.9 Å². The van der Waals surface area contributed by atoms with E-state index < -0.39 is 0 Å². The quantitative estimate of drug-likeness (QED) is 0.804. The Bertz CT molecular complexity index is 423. The second kappa shape index (κ2) is 5.40. The number of carbonyl (C=O) groups excluding carboxylic acids is 1. The number of hydrogen-bond acceptors (Lipinski definition) is 3. The summed E-state index contributed by atoms with van der Waals surface area (Å²) < 4.78 is 0. The first-order valence-electron chi connectivity index (χ1n) is 6.39. The van der Waals surface area contributed by atoms with Crippen LogP contribution in [0.3, 0.4) is 0 Å². The third kappa shape index (κ3) is 2.82. The average Bonchev–Trinajstić information content (AvgIpc) is 2.38. The zero-order chi connectivity index (χ0) is 13.1. The third-order valence-electron chi connectivity index (χ3n) is 3.62. The number of rotatable bonds is 2. The third-order valence-corrected chi connectivity index (χ3v) is 3.62. The zero-order valence-electron chi connectivity index (χ0n) is 11.1. The van der Waals surface area contributed by atoms with Crippen LogP contribution in [0, 0.1) is 0 Å². The summed E-state index contributed by atoms with van der Waals surface area (Å²) in [5, 5.41) is 0. The number of benzene rings is 1. The largest absolute Gasteiger partial charge is 0.399 e. The van der Waals surface area contributed by atoms with Gasteiger partial charge in [0.25, 0.3) is 5.91 Å². The molecule has 1 aliphatic rings. The molecule has 2 rings (SSSR count). The highest BCUT2D eigenvalue weighted by molar-refractivity contribution is 5.95. The van der Waals surface area contributed by atoms with Crippen LogP contribution in [0.25, 0.3) is 0 Å². The molecule has 0 spiro atoms. The molecule has 1 saturated heterocycles. The molecule has 0 unspecified atom stereocenters. The van der Waals surface area contributed by atoms with Gasteiger partial charge in [0, 0.05) is 30.4 Å². The molecule has 1 amide bonds. The molecule has 1 aromatic rings. The fraction of sp³-hybridized carbons (Fsp3) is 0.500. The van der Waals surface area contributed by atoms with E-state index in [1.165, 1.54) is 0 Å². The molecule has 1 heterocycles. The lowest BCUT2D eigenvalue weighted by Gasteiger charge is -2.35. The Labute approximate surface area is 108 Å². The Hall–Kier alpha value is -1.55. The molecule has 98 valence electrons. The van der Waals surface area contributed by atoms with Crippen molar-refractivity contribution in [1.29, 1.82) is 0 Å². The summed E-state index contributed by atoms with van der Waals surface area (Å²) in [7, 11) is 4.19. The summed E-state index contributed by atoms with van der Waals surface area (Å²) in [6.07, 6.45) is 2.09. The van der Waals surface area contributed by atoms with E-state index in [9.17, 15) is 4.79 Å². The van der Waals surface area contributed by atoms with Gasteiger partial charge in [0.05, 0.1) is 0 Å². The van der Waals surface area contributed by atoms with Gasteiger partial charge in [-0.3, -0.25) is 4.79 Å². The van der Waals surface area contributed by atoms with Crippen molar-refractivity contribution in [2.24, 2.45) is 0 Å². The molecule has 1 aliphatic heterocycles. The molecule has 0 atom stereocenters. The van der Waals surface area contributed by atoms with E-state index in [-0.39, 0.29) is 5.91 Å². The van der Waals surface area contributed by atoms with E-state index in [1.54, 1.807) is 12.1 Å². The molecule has 0 radical (unpaired) electrons. The summed E-state index contributed by atoms with van der Waals surface area (Å²) in [6.45, 7) is 1.66. The minimum Gasteiger partial charge on any atom is -0.399 e. The van der Waals surface area contributed by atoms with Crippen molar-refractivity contribution in [1.82, 2.24) is 9.80 Å². The van der Waals surface area contributed by atoms with Crippen LogP contribution in [0.1, 0.15) is 23.2 Å². The molecular formula is C14H21N3O. The van der Waals surface area contributed by atoms with E-state index >= 15 is 0 Å². The lowest BCUT2D eigenvalue weighted by molar-refractivity contribution is 0.0663. The summed E-state index contributed by atoms with van der Waals surface area (Å²) in [6, 6.07) is 7.80. The maximum atomic E-state index is 12.3. The van der Waals surface area contributed by atoms with Crippen molar-refractivity contribution in [3.63, 3.8) is 0 Å². The first-order chi connectivity index (χ1) is 8.58. The summed E-state index contributed by atoms with van der Waals surface area (Å²) in [5.74, 6) is 0.0968. The normalized spacial score (nSPS) is 17.2. The van der Waals surface area contributed by atoms with Crippen molar-refractivity contribution >= 4 is 11.6 Å². The minimum absolute atomic E-state index is 0.0968. The molecule has 0 aromatic heterocycles. The monoisotopic (exact) mass is 247 g/mol. The highest BCUT2D eigenvalue weighted by Gasteiger charge is 2.24. The molecule has 0 aliphatic carbocycles. The number of hydrogen-bond donors (Lipinski definition) is 1. The van der Waals surface area contributed by atoms with Gasteiger partial charge in [-0.25, -0.2) is 0 Å². The minimum atomic E-state index is 0.0968. The number of anilines is 1. The molecule has 18 heavy (non-hydrogen) atoms. The fourth-order valence-corrected chi connectivity index (χ4v) is 2.44. The molecule has 4 nitrogen and oxygen atoms in total. The number of piperidine rings is 1. The molecule has 1 fully saturated rings. The predicted molar refractivity (Wildman–Crippen MR) is 73.5 cm³/mol. The number of likely N-dealkylation sites (tertiary alicyclic amines) is 1. The first-order valence-corrected chi connectivity index (χ1v) is 6.39. The second-order valence-electron chi connectivity index (χ2n) is 5.11. The van der Waals surface area contributed by atoms with Gasteiger partial charge in [0.15, 0.2) is 0 Å². The highest BCUT2D eigenvalue weighted by Crippen LogP contribution is 2.17. The van der Waals surface area contributed by atoms with E-state index in [1.807, 2.05) is 17.0 Å². The molecule has 0 bridgehead atoms. The maximum absolute atomic E-state index is 12.3. The SMILES string of the molecule is CN(C)C1CCN(C(=O)c2cccc(N)c2)CC1. The molecule has 1 aromatic carbocycles. The highest BCUT2D eigenvalue weighted by atomic mass is 16.2. The van der Waals surface area contributed by atoms with Crippen LogP contribution in [-0.4, -0.2) is 48.9 Å². The Morgan fingerprint density at radius 1 is 1.33 bits per heavy atom. The molecule has 0 saturated carbocycles.